The average molecular weight is 411 g/mol. The van der Waals surface area contributed by atoms with Gasteiger partial charge in [0.25, 0.3) is 0 Å². The topological polar surface area (TPSA) is 74.7 Å². The third kappa shape index (κ3) is 3.46. The maximum atomic E-state index is 12.9. The third-order valence-electron chi connectivity index (χ3n) is 5.51. The summed E-state index contributed by atoms with van der Waals surface area (Å²) in [6, 6.07) is 7.73. The molecule has 9 heteroatoms. The number of amides is 1. The molecule has 0 atom stereocenters. The molecule has 150 valence electrons. The first kappa shape index (κ1) is 18.1. The highest BCUT2D eigenvalue weighted by Gasteiger charge is 2.37. The van der Waals surface area contributed by atoms with Gasteiger partial charge in [-0.2, -0.15) is 0 Å². The van der Waals surface area contributed by atoms with E-state index in [4.69, 9.17) is 9.72 Å². The molecular formula is C20H22N6O2S. The minimum Gasteiger partial charge on any atom is -0.497 e. The summed E-state index contributed by atoms with van der Waals surface area (Å²) in [4.78, 5) is 32.5. The number of hydrogen-bond acceptors (Lipinski definition) is 8. The zero-order valence-corrected chi connectivity index (χ0v) is 17.0. The van der Waals surface area contributed by atoms with Crippen LogP contribution in [-0.2, 0) is 4.79 Å². The lowest BCUT2D eigenvalue weighted by Gasteiger charge is -2.42. The number of aromatic nitrogens is 3. The quantitative estimate of drug-likeness (QED) is 0.650. The van der Waals surface area contributed by atoms with Crippen molar-refractivity contribution in [2.45, 2.75) is 0 Å². The first-order valence-electron chi connectivity index (χ1n) is 9.71. The second-order valence-corrected chi connectivity index (χ2v) is 8.30. The predicted molar refractivity (Wildman–Crippen MR) is 113 cm³/mol. The molecule has 0 aliphatic carbocycles. The molecule has 2 fully saturated rings. The van der Waals surface area contributed by atoms with Gasteiger partial charge in [-0.3, -0.25) is 4.79 Å². The molecule has 5 rings (SSSR count). The normalized spacial score (nSPS) is 17.5. The highest BCUT2D eigenvalue weighted by molar-refractivity contribution is 7.22. The molecule has 4 heterocycles. The Balaban J connectivity index is 1.17. The molecule has 0 N–H and O–H groups in total. The minimum atomic E-state index is 0.0519. The molecule has 1 amide bonds. The third-order valence-corrected chi connectivity index (χ3v) is 6.59. The van der Waals surface area contributed by atoms with Gasteiger partial charge in [0, 0.05) is 51.7 Å². The lowest BCUT2D eigenvalue weighted by Crippen LogP contribution is -2.58. The van der Waals surface area contributed by atoms with Gasteiger partial charge in [0.05, 0.1) is 23.2 Å². The van der Waals surface area contributed by atoms with E-state index in [0.29, 0.717) is 13.1 Å². The van der Waals surface area contributed by atoms with E-state index in [-0.39, 0.29) is 11.8 Å². The number of piperazine rings is 1. The lowest BCUT2D eigenvalue weighted by atomic mass is 9.99. The van der Waals surface area contributed by atoms with Crippen LogP contribution in [0.15, 0.2) is 36.7 Å². The summed E-state index contributed by atoms with van der Waals surface area (Å²) in [5.74, 6) is 1.88. The van der Waals surface area contributed by atoms with Gasteiger partial charge in [0.15, 0.2) is 5.13 Å². The van der Waals surface area contributed by atoms with Crippen LogP contribution in [0.1, 0.15) is 0 Å². The maximum Gasteiger partial charge on any atom is 0.229 e. The summed E-state index contributed by atoms with van der Waals surface area (Å²) in [7, 11) is 1.67. The van der Waals surface area contributed by atoms with Crippen molar-refractivity contribution in [2.75, 3.05) is 56.2 Å². The molecular weight excluding hydrogens is 388 g/mol. The smallest absolute Gasteiger partial charge is 0.229 e. The van der Waals surface area contributed by atoms with E-state index in [0.717, 1.165) is 53.2 Å². The highest BCUT2D eigenvalue weighted by atomic mass is 32.1. The van der Waals surface area contributed by atoms with Crippen LogP contribution < -0.4 is 14.5 Å². The molecule has 8 nitrogen and oxygen atoms in total. The van der Waals surface area contributed by atoms with E-state index in [9.17, 15) is 4.79 Å². The van der Waals surface area contributed by atoms with Crippen LogP contribution >= 0.6 is 11.3 Å². The molecule has 0 radical (unpaired) electrons. The van der Waals surface area contributed by atoms with Crippen molar-refractivity contribution in [1.29, 1.82) is 0 Å². The van der Waals surface area contributed by atoms with Gasteiger partial charge in [0.1, 0.15) is 5.75 Å². The summed E-state index contributed by atoms with van der Waals surface area (Å²) in [6.07, 6.45) is 3.50. The number of carbonyl (C=O) groups is 1. The number of rotatable bonds is 4. The lowest BCUT2D eigenvalue weighted by molar-refractivity contribution is -0.136. The molecule has 1 aromatic carbocycles. The van der Waals surface area contributed by atoms with Crippen molar-refractivity contribution in [3.63, 3.8) is 0 Å². The van der Waals surface area contributed by atoms with E-state index in [1.807, 2.05) is 29.2 Å². The Morgan fingerprint density at radius 2 is 1.86 bits per heavy atom. The summed E-state index contributed by atoms with van der Waals surface area (Å²) >= 11 is 1.65. The van der Waals surface area contributed by atoms with Crippen molar-refractivity contribution in [3.8, 4) is 5.75 Å². The van der Waals surface area contributed by atoms with E-state index < -0.39 is 0 Å². The summed E-state index contributed by atoms with van der Waals surface area (Å²) < 4.78 is 6.39. The van der Waals surface area contributed by atoms with E-state index >= 15 is 0 Å². The average Bonchev–Trinajstić information content (AvgIpc) is 3.16. The zero-order chi connectivity index (χ0) is 19.8. The van der Waals surface area contributed by atoms with Gasteiger partial charge in [-0.15, -0.1) is 0 Å². The van der Waals surface area contributed by atoms with Crippen LogP contribution in [0.25, 0.3) is 10.2 Å². The molecule has 0 bridgehead atoms. The van der Waals surface area contributed by atoms with Crippen molar-refractivity contribution in [1.82, 2.24) is 19.9 Å². The standard InChI is InChI=1S/C20H22N6O2S/c1-28-15-3-4-16-17(11-15)29-20(23-16)26-12-14(13-26)18(27)24-7-9-25(10-8-24)19-21-5-2-6-22-19/h2-6,11,14H,7-10,12-13H2,1H3. The molecule has 2 aliphatic rings. The Labute approximate surface area is 172 Å². The van der Waals surface area contributed by atoms with Crippen LogP contribution in [-0.4, -0.2) is 72.1 Å². The molecule has 2 aliphatic heterocycles. The predicted octanol–water partition coefficient (Wildman–Crippen LogP) is 1.88. The molecule has 3 aromatic rings. The Bertz CT molecular complexity index is 1010. The molecule has 0 unspecified atom stereocenters. The van der Waals surface area contributed by atoms with Crippen LogP contribution in [0.5, 0.6) is 5.75 Å². The Kier molecular flexibility index (Phi) is 4.67. The van der Waals surface area contributed by atoms with Gasteiger partial charge in [-0.05, 0) is 24.3 Å². The number of hydrogen-bond donors (Lipinski definition) is 0. The van der Waals surface area contributed by atoms with Crippen LogP contribution in [0, 0.1) is 5.92 Å². The fourth-order valence-corrected chi connectivity index (χ4v) is 4.80. The SMILES string of the molecule is COc1ccc2nc(N3CC(C(=O)N4CCN(c5ncccn5)CC4)C3)sc2c1. The number of thiazole rings is 1. The van der Waals surface area contributed by atoms with Gasteiger partial charge < -0.3 is 19.4 Å². The molecule has 2 saturated heterocycles. The highest BCUT2D eigenvalue weighted by Crippen LogP contribution is 2.35. The summed E-state index contributed by atoms with van der Waals surface area (Å²) in [5.41, 5.74) is 0.972. The summed E-state index contributed by atoms with van der Waals surface area (Å²) in [6.45, 7) is 4.44. The second kappa shape index (κ2) is 7.47. The van der Waals surface area contributed by atoms with E-state index in [1.54, 1.807) is 30.8 Å². The second-order valence-electron chi connectivity index (χ2n) is 7.29. The van der Waals surface area contributed by atoms with Crippen LogP contribution in [0.3, 0.4) is 0 Å². The monoisotopic (exact) mass is 410 g/mol. The number of nitrogens with zero attached hydrogens (tertiary/aromatic N) is 6. The number of carbonyl (C=O) groups excluding carboxylic acids is 1. The molecule has 0 spiro atoms. The van der Waals surface area contributed by atoms with Gasteiger partial charge in [-0.1, -0.05) is 11.3 Å². The van der Waals surface area contributed by atoms with Gasteiger partial charge in [-0.25, -0.2) is 15.0 Å². The van der Waals surface area contributed by atoms with Crippen molar-refractivity contribution in [2.24, 2.45) is 5.92 Å². The van der Waals surface area contributed by atoms with Gasteiger partial charge in [0.2, 0.25) is 11.9 Å². The first-order valence-corrected chi connectivity index (χ1v) is 10.5. The Hall–Kier alpha value is -2.94. The van der Waals surface area contributed by atoms with Crippen molar-refractivity contribution in [3.05, 3.63) is 36.7 Å². The zero-order valence-electron chi connectivity index (χ0n) is 16.2. The number of benzene rings is 1. The Morgan fingerprint density at radius 3 is 2.59 bits per heavy atom. The fraction of sp³-hybridized carbons (Fsp3) is 0.400. The van der Waals surface area contributed by atoms with Crippen LogP contribution in [0.4, 0.5) is 11.1 Å². The summed E-state index contributed by atoms with van der Waals surface area (Å²) in [5, 5.41) is 0.975. The largest absolute Gasteiger partial charge is 0.497 e. The fourth-order valence-electron chi connectivity index (χ4n) is 3.79. The number of anilines is 2. The van der Waals surface area contributed by atoms with E-state index in [2.05, 4.69) is 19.8 Å². The maximum absolute atomic E-state index is 12.9. The van der Waals surface area contributed by atoms with Crippen LogP contribution in [0.2, 0.25) is 0 Å². The van der Waals surface area contributed by atoms with Crippen molar-refractivity contribution >= 4 is 38.5 Å². The molecule has 0 saturated carbocycles. The Morgan fingerprint density at radius 1 is 1.10 bits per heavy atom. The number of fused-ring (bicyclic) bond motifs is 1. The minimum absolute atomic E-state index is 0.0519. The van der Waals surface area contributed by atoms with Gasteiger partial charge >= 0.3 is 0 Å². The van der Waals surface area contributed by atoms with E-state index in [1.165, 1.54) is 0 Å². The number of ether oxygens (including phenoxy) is 1. The van der Waals surface area contributed by atoms with Crippen molar-refractivity contribution < 1.29 is 9.53 Å². The number of methoxy groups -OCH3 is 1. The molecule has 29 heavy (non-hydrogen) atoms. The first-order chi connectivity index (χ1) is 14.2. The molecule has 2 aromatic heterocycles.